The number of amides is 2. The average molecular weight is 497 g/mol. The van der Waals surface area contributed by atoms with Gasteiger partial charge in [-0.25, -0.2) is 0 Å². The first-order valence-corrected chi connectivity index (χ1v) is 12.3. The summed E-state index contributed by atoms with van der Waals surface area (Å²) in [6, 6.07) is 24.0. The van der Waals surface area contributed by atoms with E-state index in [1.165, 1.54) is 0 Å². The number of nitrogens with one attached hydrogen (secondary N) is 1. The summed E-state index contributed by atoms with van der Waals surface area (Å²) < 4.78 is 10.8. The van der Waals surface area contributed by atoms with Gasteiger partial charge in [-0.15, -0.1) is 0 Å². The fourth-order valence-corrected chi connectivity index (χ4v) is 4.48. The number of likely N-dealkylation sites (tertiary alicyclic amines) is 1. The lowest BCUT2D eigenvalue weighted by molar-refractivity contribution is 0.0695. The van der Waals surface area contributed by atoms with E-state index in [9.17, 15) is 9.59 Å². The van der Waals surface area contributed by atoms with Gasteiger partial charge in [-0.05, 0) is 54.8 Å². The number of carbonyl (C=O) groups excluding carboxylic acids is 2. The van der Waals surface area contributed by atoms with E-state index in [0.717, 1.165) is 29.7 Å². The topological polar surface area (TPSA) is 97.6 Å². The van der Waals surface area contributed by atoms with E-state index in [1.54, 1.807) is 31.4 Å². The molecule has 0 saturated carbocycles. The maximum absolute atomic E-state index is 12.9. The summed E-state index contributed by atoms with van der Waals surface area (Å²) in [6.45, 7) is 1.66. The van der Waals surface area contributed by atoms with Crippen molar-refractivity contribution >= 4 is 11.8 Å². The van der Waals surface area contributed by atoms with Crippen LogP contribution >= 0.6 is 0 Å². The number of rotatable bonds is 7. The molecule has 0 spiro atoms. The third-order valence-electron chi connectivity index (χ3n) is 6.51. The predicted molar refractivity (Wildman–Crippen MR) is 138 cm³/mol. The van der Waals surface area contributed by atoms with Crippen molar-refractivity contribution in [3.05, 3.63) is 101 Å². The van der Waals surface area contributed by atoms with E-state index in [0.29, 0.717) is 42.5 Å². The predicted octanol–water partition coefficient (Wildman–Crippen LogP) is 4.70. The van der Waals surface area contributed by atoms with Crippen molar-refractivity contribution in [1.82, 2.24) is 20.4 Å². The smallest absolute Gasteiger partial charge is 0.253 e. The highest BCUT2D eigenvalue weighted by atomic mass is 16.5. The standard InChI is InChI=1S/C29H28N4O4/c1-36-25-11-5-7-20(17-25)18-30-27(34)22-14-12-21(13-15-22)26-31-28(37-32-26)24-10-6-16-33(19-24)29(35)23-8-3-2-4-9-23/h2-5,7-9,11-15,17,24H,6,10,16,18-19H2,1H3,(H,30,34). The Bertz CT molecular complexity index is 1370. The van der Waals surface area contributed by atoms with Gasteiger partial charge in [-0.3, -0.25) is 9.59 Å². The van der Waals surface area contributed by atoms with Gasteiger partial charge in [0, 0.05) is 36.3 Å². The second-order valence-electron chi connectivity index (χ2n) is 9.02. The number of aromatic nitrogens is 2. The van der Waals surface area contributed by atoms with Gasteiger partial charge in [0.25, 0.3) is 11.8 Å². The van der Waals surface area contributed by atoms with Crippen LogP contribution in [0.4, 0.5) is 0 Å². The first kappa shape index (κ1) is 24.2. The average Bonchev–Trinajstić information content (AvgIpc) is 3.47. The highest BCUT2D eigenvalue weighted by Crippen LogP contribution is 2.28. The summed E-state index contributed by atoms with van der Waals surface area (Å²) in [6.07, 6.45) is 1.76. The summed E-state index contributed by atoms with van der Waals surface area (Å²) in [5.41, 5.74) is 2.93. The molecule has 5 rings (SSSR count). The van der Waals surface area contributed by atoms with Crippen molar-refractivity contribution in [2.24, 2.45) is 0 Å². The molecule has 1 aliphatic rings. The van der Waals surface area contributed by atoms with Crippen LogP contribution in [-0.4, -0.2) is 47.1 Å². The number of hydrogen-bond acceptors (Lipinski definition) is 6. The second kappa shape index (κ2) is 11.1. The fraction of sp³-hybridized carbons (Fsp3) is 0.241. The Labute approximate surface area is 215 Å². The molecule has 2 heterocycles. The molecule has 1 atom stereocenters. The first-order chi connectivity index (χ1) is 18.1. The molecule has 0 bridgehead atoms. The van der Waals surface area contributed by atoms with Crippen LogP contribution in [0.3, 0.4) is 0 Å². The minimum atomic E-state index is -0.173. The number of benzene rings is 3. The van der Waals surface area contributed by atoms with Crippen molar-refractivity contribution in [3.8, 4) is 17.1 Å². The lowest BCUT2D eigenvalue weighted by Crippen LogP contribution is -2.39. The van der Waals surface area contributed by atoms with Crippen molar-refractivity contribution in [2.45, 2.75) is 25.3 Å². The molecule has 188 valence electrons. The largest absolute Gasteiger partial charge is 0.497 e. The molecule has 8 heteroatoms. The van der Waals surface area contributed by atoms with E-state index in [2.05, 4.69) is 15.5 Å². The Hall–Kier alpha value is -4.46. The van der Waals surface area contributed by atoms with Crippen molar-refractivity contribution in [1.29, 1.82) is 0 Å². The van der Waals surface area contributed by atoms with Gasteiger partial charge in [0.2, 0.25) is 11.7 Å². The maximum atomic E-state index is 12.9. The van der Waals surface area contributed by atoms with E-state index in [-0.39, 0.29) is 17.7 Å². The minimum absolute atomic E-state index is 0.00989. The van der Waals surface area contributed by atoms with Crippen molar-refractivity contribution < 1.29 is 18.8 Å². The summed E-state index contributed by atoms with van der Waals surface area (Å²) in [5, 5.41) is 7.08. The Morgan fingerprint density at radius 1 is 1.03 bits per heavy atom. The molecule has 0 radical (unpaired) electrons. The van der Waals surface area contributed by atoms with Crippen LogP contribution in [-0.2, 0) is 6.54 Å². The normalized spacial score (nSPS) is 15.3. The Morgan fingerprint density at radius 2 is 1.84 bits per heavy atom. The molecule has 1 aliphatic heterocycles. The molecule has 3 aromatic carbocycles. The minimum Gasteiger partial charge on any atom is -0.497 e. The molecule has 1 saturated heterocycles. The number of carbonyl (C=O) groups is 2. The number of methoxy groups -OCH3 is 1. The van der Waals surface area contributed by atoms with Crippen LogP contribution in [0.1, 0.15) is 50.9 Å². The molecule has 1 unspecified atom stereocenters. The zero-order valence-electron chi connectivity index (χ0n) is 20.6. The molecule has 1 aromatic heterocycles. The van der Waals surface area contributed by atoms with Crippen LogP contribution < -0.4 is 10.1 Å². The summed E-state index contributed by atoms with van der Waals surface area (Å²) in [4.78, 5) is 31.9. The third-order valence-corrected chi connectivity index (χ3v) is 6.51. The van der Waals surface area contributed by atoms with E-state index in [1.807, 2.05) is 59.5 Å². The fourth-order valence-electron chi connectivity index (χ4n) is 4.48. The molecule has 8 nitrogen and oxygen atoms in total. The molecule has 1 fully saturated rings. The Kier molecular flexibility index (Phi) is 7.26. The zero-order valence-corrected chi connectivity index (χ0v) is 20.6. The lowest BCUT2D eigenvalue weighted by atomic mass is 9.97. The van der Waals surface area contributed by atoms with Gasteiger partial charge in [0.15, 0.2) is 0 Å². The zero-order chi connectivity index (χ0) is 25.6. The summed E-state index contributed by atoms with van der Waals surface area (Å²) in [5.74, 6) is 1.58. The van der Waals surface area contributed by atoms with Crippen LogP contribution in [0.2, 0.25) is 0 Å². The second-order valence-corrected chi connectivity index (χ2v) is 9.02. The Balaban J connectivity index is 1.20. The van der Waals surface area contributed by atoms with E-state index < -0.39 is 0 Å². The third kappa shape index (κ3) is 5.69. The summed E-state index contributed by atoms with van der Waals surface area (Å²) in [7, 11) is 1.61. The lowest BCUT2D eigenvalue weighted by Gasteiger charge is -2.31. The van der Waals surface area contributed by atoms with Crippen LogP contribution in [0.5, 0.6) is 5.75 Å². The quantitative estimate of drug-likeness (QED) is 0.399. The SMILES string of the molecule is COc1cccc(CNC(=O)c2ccc(-c3noc(C4CCCN(C(=O)c5ccccc5)C4)n3)cc2)c1. The van der Waals surface area contributed by atoms with Gasteiger partial charge >= 0.3 is 0 Å². The number of hydrogen-bond donors (Lipinski definition) is 1. The van der Waals surface area contributed by atoms with Gasteiger partial charge < -0.3 is 19.5 Å². The van der Waals surface area contributed by atoms with Crippen molar-refractivity contribution in [2.75, 3.05) is 20.2 Å². The number of ether oxygens (including phenoxy) is 1. The summed E-state index contributed by atoms with van der Waals surface area (Å²) >= 11 is 0. The maximum Gasteiger partial charge on any atom is 0.253 e. The van der Waals surface area contributed by atoms with Gasteiger partial charge in [-0.2, -0.15) is 4.98 Å². The molecule has 4 aromatic rings. The van der Waals surface area contributed by atoms with Crippen LogP contribution in [0.15, 0.2) is 83.4 Å². The van der Waals surface area contributed by atoms with Gasteiger partial charge in [-0.1, -0.05) is 47.6 Å². The number of nitrogens with zero attached hydrogens (tertiary/aromatic N) is 3. The highest BCUT2D eigenvalue weighted by Gasteiger charge is 2.29. The monoisotopic (exact) mass is 496 g/mol. The molecule has 0 aliphatic carbocycles. The van der Waals surface area contributed by atoms with E-state index >= 15 is 0 Å². The van der Waals surface area contributed by atoms with E-state index in [4.69, 9.17) is 9.26 Å². The van der Waals surface area contributed by atoms with Crippen LogP contribution in [0.25, 0.3) is 11.4 Å². The number of piperidine rings is 1. The molecule has 1 N–H and O–H groups in total. The Morgan fingerprint density at radius 3 is 2.62 bits per heavy atom. The molecular formula is C29H28N4O4. The molecule has 37 heavy (non-hydrogen) atoms. The molecular weight excluding hydrogens is 468 g/mol. The van der Waals surface area contributed by atoms with Gasteiger partial charge in [0.05, 0.1) is 13.0 Å². The van der Waals surface area contributed by atoms with Crippen molar-refractivity contribution in [3.63, 3.8) is 0 Å². The van der Waals surface area contributed by atoms with Crippen LogP contribution in [0, 0.1) is 0 Å². The first-order valence-electron chi connectivity index (χ1n) is 12.3. The molecule has 2 amide bonds. The van der Waals surface area contributed by atoms with Gasteiger partial charge in [0.1, 0.15) is 5.75 Å². The highest BCUT2D eigenvalue weighted by molar-refractivity contribution is 5.95.